The second-order valence-electron chi connectivity index (χ2n) is 7.20. The Morgan fingerprint density at radius 2 is 1.97 bits per heavy atom. The van der Waals surface area contributed by atoms with Crippen molar-refractivity contribution in [3.8, 4) is 11.5 Å². The predicted molar refractivity (Wildman–Crippen MR) is 120 cm³/mol. The zero-order chi connectivity index (χ0) is 22.7. The number of ether oxygens (including phenoxy) is 2. The second kappa shape index (κ2) is 9.23. The number of methoxy groups -OCH3 is 2. The molecule has 0 fully saturated rings. The molecule has 0 unspecified atom stereocenters. The molecule has 4 rings (SSSR count). The minimum absolute atomic E-state index is 0.0813. The van der Waals surface area contributed by atoms with E-state index in [2.05, 4.69) is 4.98 Å². The van der Waals surface area contributed by atoms with Crippen LogP contribution < -0.4 is 9.47 Å². The number of aliphatic hydroxyl groups is 1. The summed E-state index contributed by atoms with van der Waals surface area (Å²) in [6.45, 7) is 0.291. The van der Waals surface area contributed by atoms with Crippen LogP contribution in [-0.4, -0.2) is 47.4 Å². The number of Topliss-reactive ketones (excluding diaryl/α,β-unsaturated/α-hetero) is 1. The van der Waals surface area contributed by atoms with Crippen molar-refractivity contribution in [1.82, 2.24) is 9.88 Å². The number of thiophene rings is 1. The highest BCUT2D eigenvalue weighted by Crippen LogP contribution is 2.39. The van der Waals surface area contributed by atoms with Gasteiger partial charge in [-0.25, -0.2) is 0 Å². The fourth-order valence-corrected chi connectivity index (χ4v) is 4.50. The minimum Gasteiger partial charge on any atom is -0.503 e. The fourth-order valence-electron chi connectivity index (χ4n) is 3.83. The van der Waals surface area contributed by atoms with Crippen molar-refractivity contribution in [2.24, 2.45) is 0 Å². The molecule has 8 heteroatoms. The normalized spacial score (nSPS) is 15.9. The number of nitrogens with zero attached hydrogens (tertiary/aromatic N) is 2. The van der Waals surface area contributed by atoms with Crippen LogP contribution in [0.4, 0.5) is 0 Å². The van der Waals surface area contributed by atoms with E-state index in [1.165, 1.54) is 16.2 Å². The van der Waals surface area contributed by atoms with E-state index in [0.29, 0.717) is 34.9 Å². The maximum Gasteiger partial charge on any atom is 0.290 e. The Bertz CT molecular complexity index is 1160. The van der Waals surface area contributed by atoms with Crippen molar-refractivity contribution in [3.05, 3.63) is 87.6 Å². The Labute approximate surface area is 189 Å². The Morgan fingerprint density at radius 1 is 1.16 bits per heavy atom. The van der Waals surface area contributed by atoms with Crippen LogP contribution in [0.5, 0.6) is 11.5 Å². The summed E-state index contributed by atoms with van der Waals surface area (Å²) in [4.78, 5) is 32.3. The summed E-state index contributed by atoms with van der Waals surface area (Å²) in [6.07, 6.45) is 3.73. The van der Waals surface area contributed by atoms with Crippen LogP contribution in [0.25, 0.3) is 0 Å². The summed E-state index contributed by atoms with van der Waals surface area (Å²) < 4.78 is 10.6. The number of benzene rings is 1. The minimum atomic E-state index is -0.717. The van der Waals surface area contributed by atoms with Gasteiger partial charge in [0.25, 0.3) is 5.91 Å². The highest BCUT2D eigenvalue weighted by Gasteiger charge is 2.43. The third-order valence-electron chi connectivity index (χ3n) is 5.38. The van der Waals surface area contributed by atoms with Crippen LogP contribution >= 0.6 is 11.3 Å². The number of aliphatic hydroxyl groups excluding tert-OH is 1. The van der Waals surface area contributed by atoms with Gasteiger partial charge in [-0.3, -0.25) is 14.6 Å². The average molecular weight is 451 g/mol. The Balaban J connectivity index is 1.66. The molecule has 0 spiro atoms. The maximum atomic E-state index is 13.2. The number of pyridine rings is 1. The van der Waals surface area contributed by atoms with Gasteiger partial charge in [-0.15, -0.1) is 11.3 Å². The number of carbonyl (C=O) groups excluding carboxylic acids is 2. The molecule has 1 aliphatic rings. The van der Waals surface area contributed by atoms with Crippen LogP contribution in [0.3, 0.4) is 0 Å². The van der Waals surface area contributed by atoms with E-state index in [9.17, 15) is 14.7 Å². The smallest absolute Gasteiger partial charge is 0.290 e. The molecule has 2 aromatic heterocycles. The van der Waals surface area contributed by atoms with Crippen LogP contribution in [-0.2, 0) is 11.2 Å². The molecule has 3 aromatic rings. The number of rotatable bonds is 8. The maximum absolute atomic E-state index is 13.2. The molecule has 0 bridgehead atoms. The van der Waals surface area contributed by atoms with E-state index in [1.54, 1.807) is 62.3 Å². The number of ketones is 1. The highest BCUT2D eigenvalue weighted by atomic mass is 32.1. The van der Waals surface area contributed by atoms with Crippen molar-refractivity contribution in [2.45, 2.75) is 12.5 Å². The first-order valence-corrected chi connectivity index (χ1v) is 10.9. The molecule has 1 amide bonds. The van der Waals surface area contributed by atoms with Gasteiger partial charge in [-0.1, -0.05) is 18.2 Å². The molecule has 7 nitrogen and oxygen atoms in total. The zero-order valence-electron chi connectivity index (χ0n) is 17.6. The van der Waals surface area contributed by atoms with Crippen molar-refractivity contribution < 1.29 is 24.2 Å². The van der Waals surface area contributed by atoms with Gasteiger partial charge in [0.05, 0.1) is 30.7 Å². The Kier molecular flexibility index (Phi) is 6.23. The third kappa shape index (κ3) is 3.97. The number of hydrogen-bond donors (Lipinski definition) is 1. The second-order valence-corrected chi connectivity index (χ2v) is 8.14. The summed E-state index contributed by atoms with van der Waals surface area (Å²) in [5.74, 6) is -0.224. The van der Waals surface area contributed by atoms with Gasteiger partial charge < -0.3 is 19.5 Å². The summed E-state index contributed by atoms with van der Waals surface area (Å²) in [5.41, 5.74) is 1.67. The van der Waals surface area contributed by atoms with E-state index < -0.39 is 17.7 Å². The SMILES string of the molecule is COc1ccc(CCN2C(=O)C(O)=C(C(=O)c3cccs3)[C@H]2c2cccnc2)cc1OC. The van der Waals surface area contributed by atoms with Crippen molar-refractivity contribution >= 4 is 23.0 Å². The monoisotopic (exact) mass is 450 g/mol. The van der Waals surface area contributed by atoms with E-state index in [-0.39, 0.29) is 11.4 Å². The molecule has 0 aliphatic carbocycles. The number of aromatic nitrogens is 1. The van der Waals surface area contributed by atoms with E-state index >= 15 is 0 Å². The van der Waals surface area contributed by atoms with Gasteiger partial charge in [0.2, 0.25) is 5.78 Å². The van der Waals surface area contributed by atoms with Gasteiger partial charge in [-0.05, 0) is 47.2 Å². The van der Waals surface area contributed by atoms with Gasteiger partial charge in [0.1, 0.15) is 0 Å². The van der Waals surface area contributed by atoms with E-state index in [0.717, 1.165) is 5.56 Å². The lowest BCUT2D eigenvalue weighted by molar-refractivity contribution is -0.129. The third-order valence-corrected chi connectivity index (χ3v) is 6.25. The summed E-state index contributed by atoms with van der Waals surface area (Å²) in [5, 5.41) is 12.5. The number of amides is 1. The van der Waals surface area contributed by atoms with Gasteiger partial charge in [-0.2, -0.15) is 0 Å². The first-order valence-electron chi connectivity index (χ1n) is 9.98. The topological polar surface area (TPSA) is 89.0 Å². The van der Waals surface area contributed by atoms with Gasteiger partial charge in [0, 0.05) is 18.9 Å². The lowest BCUT2D eigenvalue weighted by Crippen LogP contribution is -2.33. The van der Waals surface area contributed by atoms with Gasteiger partial charge in [0.15, 0.2) is 17.3 Å². The first kappa shape index (κ1) is 21.6. The summed E-state index contributed by atoms with van der Waals surface area (Å²) >= 11 is 1.27. The molecule has 164 valence electrons. The largest absolute Gasteiger partial charge is 0.503 e. The van der Waals surface area contributed by atoms with Crippen LogP contribution in [0.15, 0.2) is 71.6 Å². The van der Waals surface area contributed by atoms with Crippen LogP contribution in [0, 0.1) is 0 Å². The van der Waals surface area contributed by atoms with Crippen molar-refractivity contribution in [3.63, 3.8) is 0 Å². The Hall–Kier alpha value is -3.65. The molecule has 0 saturated carbocycles. The van der Waals surface area contributed by atoms with E-state index in [1.807, 2.05) is 12.1 Å². The molecule has 0 saturated heterocycles. The molecule has 1 aromatic carbocycles. The molecule has 0 radical (unpaired) electrons. The number of hydrogen-bond acceptors (Lipinski definition) is 7. The lowest BCUT2D eigenvalue weighted by Gasteiger charge is -2.26. The zero-order valence-corrected chi connectivity index (χ0v) is 18.5. The fraction of sp³-hybridized carbons (Fsp3) is 0.208. The molecule has 3 heterocycles. The average Bonchev–Trinajstić information content (AvgIpc) is 3.45. The molecule has 1 atom stereocenters. The van der Waals surface area contributed by atoms with Crippen molar-refractivity contribution in [2.75, 3.05) is 20.8 Å². The molecule has 32 heavy (non-hydrogen) atoms. The van der Waals surface area contributed by atoms with Crippen molar-refractivity contribution in [1.29, 1.82) is 0 Å². The van der Waals surface area contributed by atoms with Crippen LogP contribution in [0.2, 0.25) is 0 Å². The van der Waals surface area contributed by atoms with E-state index in [4.69, 9.17) is 9.47 Å². The molecule has 1 N–H and O–H groups in total. The molecule has 1 aliphatic heterocycles. The number of carbonyl (C=O) groups is 2. The predicted octanol–water partition coefficient (Wildman–Crippen LogP) is 3.98. The molecular formula is C24H22N2O5S. The standard InChI is InChI=1S/C24H22N2O5S/c1-30-17-8-7-15(13-18(17)31-2)9-11-26-21(16-5-3-10-25-14-16)20(23(28)24(26)29)22(27)19-6-4-12-32-19/h3-8,10,12-14,21,28H,9,11H2,1-2H3/t21-/m1/s1. The summed E-state index contributed by atoms with van der Waals surface area (Å²) in [6, 6.07) is 11.8. The Morgan fingerprint density at radius 3 is 2.62 bits per heavy atom. The molecular weight excluding hydrogens is 428 g/mol. The summed E-state index contributed by atoms with van der Waals surface area (Å²) in [7, 11) is 3.13. The first-order chi connectivity index (χ1) is 15.5. The van der Waals surface area contributed by atoms with Gasteiger partial charge >= 0.3 is 0 Å². The van der Waals surface area contributed by atoms with Crippen LogP contribution in [0.1, 0.15) is 26.8 Å². The quantitative estimate of drug-likeness (QED) is 0.522. The highest BCUT2D eigenvalue weighted by molar-refractivity contribution is 7.12. The lowest BCUT2D eigenvalue weighted by atomic mass is 9.96.